The first-order valence-electron chi connectivity index (χ1n) is 7.21. The predicted molar refractivity (Wildman–Crippen MR) is 67.6 cm³/mol. The van der Waals surface area contributed by atoms with Crippen molar-refractivity contribution in [2.75, 3.05) is 6.54 Å². The Labute approximate surface area is 104 Å². The van der Waals surface area contributed by atoms with E-state index in [1.54, 1.807) is 0 Å². The van der Waals surface area contributed by atoms with Crippen LogP contribution in [0.2, 0.25) is 0 Å². The highest BCUT2D eigenvalue weighted by atomic mass is 16.2. The molecule has 0 aromatic heterocycles. The van der Waals surface area contributed by atoms with E-state index in [0.29, 0.717) is 18.0 Å². The molecule has 2 bridgehead atoms. The molecule has 3 rings (SSSR count). The number of rotatable bonds is 3. The summed E-state index contributed by atoms with van der Waals surface area (Å²) in [5.41, 5.74) is 0. The highest BCUT2D eigenvalue weighted by Gasteiger charge is 2.46. The van der Waals surface area contributed by atoms with Crippen LogP contribution in [0.25, 0.3) is 0 Å². The van der Waals surface area contributed by atoms with Crippen molar-refractivity contribution in [1.29, 1.82) is 0 Å². The summed E-state index contributed by atoms with van der Waals surface area (Å²) in [7, 11) is 0. The molecule has 2 saturated carbocycles. The molecule has 96 valence electrons. The molecular weight excluding hydrogens is 212 g/mol. The third-order valence-corrected chi connectivity index (χ3v) is 4.88. The highest BCUT2D eigenvalue weighted by Crippen LogP contribution is 2.47. The Morgan fingerprint density at radius 3 is 2.65 bits per heavy atom. The van der Waals surface area contributed by atoms with Gasteiger partial charge in [0.2, 0.25) is 5.91 Å². The molecule has 3 nitrogen and oxygen atoms in total. The maximum absolute atomic E-state index is 12.4. The molecule has 0 spiro atoms. The van der Waals surface area contributed by atoms with E-state index in [9.17, 15) is 4.79 Å². The summed E-state index contributed by atoms with van der Waals surface area (Å²) in [6.07, 6.45) is 6.45. The van der Waals surface area contributed by atoms with Crippen LogP contribution in [0.5, 0.6) is 0 Å². The fourth-order valence-electron chi connectivity index (χ4n) is 4.18. The summed E-state index contributed by atoms with van der Waals surface area (Å²) < 4.78 is 0. The van der Waals surface area contributed by atoms with E-state index < -0.39 is 0 Å². The number of fused-ring (bicyclic) bond motifs is 2. The van der Waals surface area contributed by atoms with Crippen LogP contribution in [0, 0.1) is 11.8 Å². The van der Waals surface area contributed by atoms with Crippen molar-refractivity contribution >= 4 is 5.91 Å². The lowest BCUT2D eigenvalue weighted by Crippen LogP contribution is -2.46. The number of nitrogens with one attached hydrogen (secondary N) is 1. The van der Waals surface area contributed by atoms with Crippen molar-refractivity contribution in [2.24, 2.45) is 11.8 Å². The Kier molecular flexibility index (Phi) is 2.89. The van der Waals surface area contributed by atoms with Gasteiger partial charge in [-0.1, -0.05) is 20.3 Å². The van der Waals surface area contributed by atoms with Crippen LogP contribution in [0.4, 0.5) is 0 Å². The molecule has 0 aromatic carbocycles. The topological polar surface area (TPSA) is 32.3 Å². The highest BCUT2D eigenvalue weighted by molar-refractivity contribution is 5.84. The number of nitrogens with zero attached hydrogens (tertiary/aromatic N) is 1. The van der Waals surface area contributed by atoms with Gasteiger partial charge >= 0.3 is 0 Å². The zero-order valence-corrected chi connectivity index (χ0v) is 11.0. The minimum absolute atomic E-state index is 0.0918. The lowest BCUT2D eigenvalue weighted by atomic mass is 9.94. The number of likely N-dealkylation sites (tertiary alicyclic amines) is 1. The van der Waals surface area contributed by atoms with Crippen molar-refractivity contribution in [3.8, 4) is 0 Å². The van der Waals surface area contributed by atoms with Crippen LogP contribution >= 0.6 is 0 Å². The molecule has 2 aliphatic carbocycles. The van der Waals surface area contributed by atoms with E-state index in [-0.39, 0.29) is 6.04 Å². The van der Waals surface area contributed by atoms with Crippen LogP contribution in [0.3, 0.4) is 0 Å². The minimum Gasteiger partial charge on any atom is -0.338 e. The lowest BCUT2D eigenvalue weighted by Gasteiger charge is -2.31. The average molecular weight is 236 g/mol. The zero-order chi connectivity index (χ0) is 12.0. The van der Waals surface area contributed by atoms with Gasteiger partial charge in [-0.25, -0.2) is 0 Å². The molecular formula is C14H24N2O. The maximum atomic E-state index is 12.4. The molecule has 1 aliphatic heterocycles. The van der Waals surface area contributed by atoms with Gasteiger partial charge in [-0.3, -0.25) is 4.79 Å². The fraction of sp³-hybridized carbons (Fsp3) is 0.929. The monoisotopic (exact) mass is 236 g/mol. The number of hydrogen-bond donors (Lipinski definition) is 1. The number of amides is 1. The smallest absolute Gasteiger partial charge is 0.240 e. The van der Waals surface area contributed by atoms with Crippen molar-refractivity contribution in [3.63, 3.8) is 0 Å². The summed E-state index contributed by atoms with van der Waals surface area (Å²) >= 11 is 0. The lowest BCUT2D eigenvalue weighted by molar-refractivity contribution is -0.132. The molecule has 1 saturated heterocycles. The van der Waals surface area contributed by atoms with Crippen molar-refractivity contribution < 1.29 is 4.79 Å². The first kappa shape index (κ1) is 11.5. The van der Waals surface area contributed by atoms with Crippen LogP contribution in [-0.2, 0) is 4.79 Å². The molecule has 1 heterocycles. The summed E-state index contributed by atoms with van der Waals surface area (Å²) in [4.78, 5) is 14.6. The van der Waals surface area contributed by atoms with Crippen LogP contribution in [-0.4, -0.2) is 35.5 Å². The standard InChI is InChI=1S/C14H24N2O/c1-9(2)15-12-5-6-16(14(12)17)13-8-10-3-4-11(13)7-10/h9-13,15H,3-8H2,1-2H3. The van der Waals surface area contributed by atoms with Gasteiger partial charge in [0, 0.05) is 18.6 Å². The molecule has 0 radical (unpaired) electrons. The van der Waals surface area contributed by atoms with E-state index in [2.05, 4.69) is 24.1 Å². The average Bonchev–Trinajstić information content (AvgIpc) is 2.94. The molecule has 0 aromatic rings. The van der Waals surface area contributed by atoms with Gasteiger partial charge < -0.3 is 10.2 Å². The van der Waals surface area contributed by atoms with Gasteiger partial charge in [0.15, 0.2) is 0 Å². The van der Waals surface area contributed by atoms with E-state index in [0.717, 1.165) is 24.8 Å². The second-order valence-corrected chi connectivity index (χ2v) is 6.44. The SMILES string of the molecule is CC(C)NC1CCN(C2CC3CCC2C3)C1=O. The Morgan fingerprint density at radius 1 is 1.24 bits per heavy atom. The molecule has 1 amide bonds. The van der Waals surface area contributed by atoms with Gasteiger partial charge in [0.05, 0.1) is 6.04 Å². The largest absolute Gasteiger partial charge is 0.338 e. The van der Waals surface area contributed by atoms with Gasteiger partial charge in [-0.2, -0.15) is 0 Å². The third kappa shape index (κ3) is 1.99. The quantitative estimate of drug-likeness (QED) is 0.810. The fourth-order valence-corrected chi connectivity index (χ4v) is 4.18. The molecule has 3 aliphatic rings. The first-order chi connectivity index (χ1) is 8.15. The van der Waals surface area contributed by atoms with Crippen molar-refractivity contribution in [3.05, 3.63) is 0 Å². The number of carbonyl (C=O) groups is 1. The maximum Gasteiger partial charge on any atom is 0.240 e. The van der Waals surface area contributed by atoms with Gasteiger partial charge in [-0.15, -0.1) is 0 Å². The molecule has 3 fully saturated rings. The summed E-state index contributed by atoms with van der Waals surface area (Å²) in [6.45, 7) is 5.22. The van der Waals surface area contributed by atoms with Crippen molar-refractivity contribution in [2.45, 2.75) is 64.1 Å². The normalized spacial score (nSPS) is 40.9. The van der Waals surface area contributed by atoms with E-state index >= 15 is 0 Å². The van der Waals surface area contributed by atoms with Crippen LogP contribution in [0.1, 0.15) is 46.0 Å². The van der Waals surface area contributed by atoms with Gasteiger partial charge in [0.25, 0.3) is 0 Å². The van der Waals surface area contributed by atoms with Gasteiger partial charge in [0.1, 0.15) is 0 Å². The van der Waals surface area contributed by atoms with E-state index in [4.69, 9.17) is 0 Å². The van der Waals surface area contributed by atoms with Crippen LogP contribution in [0.15, 0.2) is 0 Å². The molecule has 17 heavy (non-hydrogen) atoms. The number of hydrogen-bond acceptors (Lipinski definition) is 2. The first-order valence-corrected chi connectivity index (χ1v) is 7.21. The predicted octanol–water partition coefficient (Wildman–Crippen LogP) is 1.77. The Morgan fingerprint density at radius 2 is 2.06 bits per heavy atom. The molecule has 4 unspecified atom stereocenters. The van der Waals surface area contributed by atoms with Crippen molar-refractivity contribution in [1.82, 2.24) is 10.2 Å². The zero-order valence-electron chi connectivity index (χ0n) is 11.0. The van der Waals surface area contributed by atoms with Gasteiger partial charge in [-0.05, 0) is 37.5 Å². The second-order valence-electron chi connectivity index (χ2n) is 6.44. The second kappa shape index (κ2) is 4.27. The summed E-state index contributed by atoms with van der Waals surface area (Å²) in [5.74, 6) is 2.12. The van der Waals surface area contributed by atoms with E-state index in [1.807, 2.05) is 0 Å². The third-order valence-electron chi connectivity index (χ3n) is 4.88. The van der Waals surface area contributed by atoms with E-state index in [1.165, 1.54) is 25.7 Å². The molecule has 4 atom stereocenters. The Bertz CT molecular complexity index is 315. The van der Waals surface area contributed by atoms with Crippen LogP contribution < -0.4 is 5.32 Å². The molecule has 1 N–H and O–H groups in total. The summed E-state index contributed by atoms with van der Waals surface area (Å²) in [5, 5.41) is 3.40. The molecule has 3 heteroatoms. The Hall–Kier alpha value is -0.570. The number of carbonyl (C=O) groups excluding carboxylic acids is 1. The minimum atomic E-state index is 0.0918. The summed E-state index contributed by atoms with van der Waals surface area (Å²) in [6, 6.07) is 1.08. The Balaban J connectivity index is 1.64.